The molecule has 0 aliphatic rings. The summed E-state index contributed by atoms with van der Waals surface area (Å²) in [5.41, 5.74) is 6.45. The number of anilines is 1. The van der Waals surface area contributed by atoms with Crippen LogP contribution in [0.1, 0.15) is 18.0 Å². The molecule has 0 spiro atoms. The van der Waals surface area contributed by atoms with Crippen LogP contribution in [0.15, 0.2) is 18.3 Å². The molecule has 5 nitrogen and oxygen atoms in total. The first-order valence-corrected chi connectivity index (χ1v) is 4.24. The molecule has 4 N–H and O–H groups in total. The number of carboxylic acids is 1. The minimum atomic E-state index is -0.902. The Morgan fingerprint density at radius 1 is 1.79 bits per heavy atom. The van der Waals surface area contributed by atoms with Crippen LogP contribution < -0.4 is 11.1 Å². The van der Waals surface area contributed by atoms with E-state index < -0.39 is 12.0 Å². The molecule has 0 amide bonds. The minimum absolute atomic E-state index is 0.0762. The average molecular weight is 195 g/mol. The Morgan fingerprint density at radius 3 is 3.07 bits per heavy atom. The molecule has 0 aromatic carbocycles. The number of nitrogens with one attached hydrogen (secondary N) is 1. The topological polar surface area (TPSA) is 88.2 Å². The molecular weight excluding hydrogens is 182 g/mol. The third-order valence-electron chi connectivity index (χ3n) is 1.86. The molecule has 0 saturated heterocycles. The Labute approximate surface area is 82.0 Å². The molecule has 0 radical (unpaired) electrons. The lowest BCUT2D eigenvalue weighted by Gasteiger charge is -2.09. The van der Waals surface area contributed by atoms with E-state index in [2.05, 4.69) is 10.3 Å². The fraction of sp³-hybridized carbons (Fsp3) is 0.333. The van der Waals surface area contributed by atoms with Gasteiger partial charge in [-0.1, -0.05) is 0 Å². The van der Waals surface area contributed by atoms with Crippen molar-refractivity contribution in [3.05, 3.63) is 23.9 Å². The summed E-state index contributed by atoms with van der Waals surface area (Å²) in [6, 6.07) is 2.98. The van der Waals surface area contributed by atoms with Crippen molar-refractivity contribution in [1.29, 1.82) is 0 Å². The lowest BCUT2D eigenvalue weighted by atomic mass is 10.1. The number of nitrogens with two attached hydrogens (primary N) is 1. The summed E-state index contributed by atoms with van der Waals surface area (Å²) >= 11 is 0. The van der Waals surface area contributed by atoms with Crippen LogP contribution in [-0.2, 0) is 4.79 Å². The van der Waals surface area contributed by atoms with Crippen LogP contribution in [0.25, 0.3) is 0 Å². The fourth-order valence-electron chi connectivity index (χ4n) is 1.12. The molecule has 0 unspecified atom stereocenters. The van der Waals surface area contributed by atoms with Gasteiger partial charge < -0.3 is 16.2 Å². The van der Waals surface area contributed by atoms with Gasteiger partial charge in [0.05, 0.1) is 6.42 Å². The number of carbonyl (C=O) groups is 1. The largest absolute Gasteiger partial charge is 0.481 e. The van der Waals surface area contributed by atoms with Gasteiger partial charge in [-0.2, -0.15) is 0 Å². The van der Waals surface area contributed by atoms with E-state index in [1.165, 1.54) is 0 Å². The van der Waals surface area contributed by atoms with Gasteiger partial charge in [0.25, 0.3) is 0 Å². The van der Waals surface area contributed by atoms with Gasteiger partial charge in [-0.3, -0.25) is 4.79 Å². The summed E-state index contributed by atoms with van der Waals surface area (Å²) in [4.78, 5) is 14.4. The van der Waals surface area contributed by atoms with Crippen LogP contribution in [0.4, 0.5) is 5.82 Å². The van der Waals surface area contributed by atoms with Gasteiger partial charge in [-0.05, 0) is 17.7 Å². The monoisotopic (exact) mass is 195 g/mol. The van der Waals surface area contributed by atoms with E-state index in [0.29, 0.717) is 5.82 Å². The SMILES string of the molecule is CNc1cc([C@H](N)CC(=O)O)ccn1. The third kappa shape index (κ3) is 2.70. The highest BCUT2D eigenvalue weighted by Gasteiger charge is 2.10. The Kier molecular flexibility index (Phi) is 3.41. The van der Waals surface area contributed by atoms with Crippen molar-refractivity contribution < 1.29 is 9.90 Å². The van der Waals surface area contributed by atoms with Gasteiger partial charge in [0.15, 0.2) is 0 Å². The zero-order chi connectivity index (χ0) is 10.6. The molecule has 1 aromatic rings. The summed E-state index contributed by atoms with van der Waals surface area (Å²) in [7, 11) is 1.74. The number of pyridine rings is 1. The van der Waals surface area contributed by atoms with Crippen LogP contribution in [0.2, 0.25) is 0 Å². The first kappa shape index (κ1) is 10.5. The third-order valence-corrected chi connectivity index (χ3v) is 1.86. The Morgan fingerprint density at radius 2 is 2.50 bits per heavy atom. The van der Waals surface area contributed by atoms with Crippen molar-refractivity contribution in [2.45, 2.75) is 12.5 Å². The normalized spacial score (nSPS) is 12.1. The number of hydrogen-bond donors (Lipinski definition) is 3. The number of nitrogens with zero attached hydrogens (tertiary/aromatic N) is 1. The number of carboxylic acid groups (broad SMARTS) is 1. The molecule has 0 fully saturated rings. The van der Waals surface area contributed by atoms with Gasteiger partial charge in [-0.15, -0.1) is 0 Å². The van der Waals surface area contributed by atoms with Crippen LogP contribution in [0.5, 0.6) is 0 Å². The molecule has 0 bridgehead atoms. The van der Waals surface area contributed by atoms with E-state index >= 15 is 0 Å². The summed E-state index contributed by atoms with van der Waals surface area (Å²) in [6.07, 6.45) is 1.52. The van der Waals surface area contributed by atoms with E-state index in [1.54, 1.807) is 25.4 Å². The Balaban J connectivity index is 2.78. The van der Waals surface area contributed by atoms with Crippen LogP contribution in [0, 0.1) is 0 Å². The zero-order valence-electron chi connectivity index (χ0n) is 7.90. The molecule has 76 valence electrons. The van der Waals surface area contributed by atoms with E-state index in [-0.39, 0.29) is 6.42 Å². The number of rotatable bonds is 4. The molecule has 1 heterocycles. The second-order valence-electron chi connectivity index (χ2n) is 2.93. The molecular formula is C9H13N3O2. The van der Waals surface area contributed by atoms with Crippen LogP contribution in [0.3, 0.4) is 0 Å². The molecule has 0 aliphatic carbocycles. The van der Waals surface area contributed by atoms with E-state index in [1.807, 2.05) is 0 Å². The first-order valence-electron chi connectivity index (χ1n) is 4.24. The Bertz CT molecular complexity index is 328. The quantitative estimate of drug-likeness (QED) is 0.654. The van der Waals surface area contributed by atoms with E-state index in [4.69, 9.17) is 10.8 Å². The van der Waals surface area contributed by atoms with Gasteiger partial charge in [-0.25, -0.2) is 4.98 Å². The van der Waals surface area contributed by atoms with Gasteiger partial charge >= 0.3 is 5.97 Å². The zero-order valence-corrected chi connectivity index (χ0v) is 7.90. The molecule has 0 saturated carbocycles. The van der Waals surface area contributed by atoms with Crippen molar-refractivity contribution in [3.63, 3.8) is 0 Å². The number of aliphatic carboxylic acids is 1. The second kappa shape index (κ2) is 4.57. The molecule has 1 atom stereocenters. The predicted molar refractivity (Wildman–Crippen MR) is 53.0 cm³/mol. The minimum Gasteiger partial charge on any atom is -0.481 e. The predicted octanol–water partition coefficient (Wildman–Crippen LogP) is 0.598. The highest BCUT2D eigenvalue weighted by atomic mass is 16.4. The summed E-state index contributed by atoms with van der Waals surface area (Å²) in [6.45, 7) is 0. The summed E-state index contributed by atoms with van der Waals surface area (Å²) in [5, 5.41) is 11.4. The average Bonchev–Trinajstić information content (AvgIpc) is 2.17. The molecule has 1 rings (SSSR count). The molecule has 5 heteroatoms. The van der Waals surface area contributed by atoms with Crippen LogP contribution >= 0.6 is 0 Å². The van der Waals surface area contributed by atoms with Crippen molar-refractivity contribution in [2.75, 3.05) is 12.4 Å². The van der Waals surface area contributed by atoms with E-state index in [9.17, 15) is 4.79 Å². The van der Waals surface area contributed by atoms with Crippen molar-refractivity contribution >= 4 is 11.8 Å². The van der Waals surface area contributed by atoms with Crippen molar-refractivity contribution in [1.82, 2.24) is 4.98 Å². The Hall–Kier alpha value is -1.62. The number of hydrogen-bond acceptors (Lipinski definition) is 4. The molecule has 1 aromatic heterocycles. The highest BCUT2D eigenvalue weighted by molar-refractivity contribution is 5.68. The van der Waals surface area contributed by atoms with Crippen molar-refractivity contribution in [3.8, 4) is 0 Å². The lowest BCUT2D eigenvalue weighted by molar-refractivity contribution is -0.137. The first-order chi connectivity index (χ1) is 6.63. The van der Waals surface area contributed by atoms with Crippen molar-refractivity contribution in [2.24, 2.45) is 5.73 Å². The summed E-state index contributed by atoms with van der Waals surface area (Å²) in [5.74, 6) is -0.219. The maximum Gasteiger partial charge on any atom is 0.305 e. The van der Waals surface area contributed by atoms with Gasteiger partial charge in [0, 0.05) is 19.3 Å². The second-order valence-corrected chi connectivity index (χ2v) is 2.93. The smallest absolute Gasteiger partial charge is 0.305 e. The fourth-order valence-corrected chi connectivity index (χ4v) is 1.12. The van der Waals surface area contributed by atoms with Gasteiger partial charge in [0.1, 0.15) is 5.82 Å². The number of aromatic nitrogens is 1. The van der Waals surface area contributed by atoms with Gasteiger partial charge in [0.2, 0.25) is 0 Å². The van der Waals surface area contributed by atoms with E-state index in [0.717, 1.165) is 5.56 Å². The summed E-state index contributed by atoms with van der Waals surface area (Å²) < 4.78 is 0. The standard InChI is InChI=1S/C9H13N3O2/c1-11-8-4-6(2-3-12-8)7(10)5-9(13)14/h2-4,7H,5,10H2,1H3,(H,11,12)(H,13,14)/t7-/m1/s1. The maximum atomic E-state index is 10.4. The van der Waals surface area contributed by atoms with Crippen LogP contribution in [-0.4, -0.2) is 23.1 Å². The highest BCUT2D eigenvalue weighted by Crippen LogP contribution is 2.15. The maximum absolute atomic E-state index is 10.4. The molecule has 0 aliphatic heterocycles. The lowest BCUT2D eigenvalue weighted by Crippen LogP contribution is -2.15. The molecule has 14 heavy (non-hydrogen) atoms.